The number of nitrogens with zero attached hydrogens (tertiary/aromatic N) is 2. The average Bonchev–Trinajstić information content (AvgIpc) is 3.41. The van der Waals surface area contributed by atoms with Gasteiger partial charge in [-0.05, 0) is 60.9 Å². The van der Waals surface area contributed by atoms with Gasteiger partial charge in [-0.25, -0.2) is 5.01 Å². The summed E-state index contributed by atoms with van der Waals surface area (Å²) in [5, 5.41) is 2.99. The summed E-state index contributed by atoms with van der Waals surface area (Å²) in [4.78, 5) is 40.0. The molecule has 4 atom stereocenters. The Labute approximate surface area is 174 Å². The minimum absolute atomic E-state index is 0.161. The first kappa shape index (κ1) is 18.4. The van der Waals surface area contributed by atoms with Gasteiger partial charge in [0.2, 0.25) is 0 Å². The normalized spacial score (nSPS) is 27.4. The number of benzene rings is 2. The molecule has 0 radical (unpaired) electrons. The molecule has 0 N–H and O–H groups in total. The highest BCUT2D eigenvalue weighted by molar-refractivity contribution is 6.30. The van der Waals surface area contributed by atoms with Gasteiger partial charge in [-0.3, -0.25) is 14.4 Å². The molecule has 2 saturated carbocycles. The number of rotatable bonds is 4. The molecule has 1 saturated heterocycles. The van der Waals surface area contributed by atoms with E-state index < -0.39 is 0 Å². The van der Waals surface area contributed by atoms with Crippen molar-refractivity contribution in [3.05, 3.63) is 70.7 Å². The molecule has 1 heterocycles. The number of hydrogen-bond acceptors (Lipinski definition) is 3. The molecule has 1 aliphatic heterocycles. The van der Waals surface area contributed by atoms with Crippen LogP contribution >= 0.6 is 11.6 Å². The monoisotopic (exact) mass is 408 g/mol. The van der Waals surface area contributed by atoms with Gasteiger partial charge in [0, 0.05) is 10.6 Å². The number of halogens is 1. The highest BCUT2D eigenvalue weighted by atomic mass is 35.5. The average molecular weight is 409 g/mol. The maximum Gasteiger partial charge on any atom is 0.273 e. The Morgan fingerprint density at radius 2 is 1.52 bits per heavy atom. The Morgan fingerprint density at radius 3 is 2.10 bits per heavy atom. The molecular formula is C23H21ClN2O3. The van der Waals surface area contributed by atoms with Gasteiger partial charge in [0.25, 0.3) is 17.7 Å². The Hall–Kier alpha value is -2.66. The van der Waals surface area contributed by atoms with E-state index in [1.165, 1.54) is 5.01 Å². The standard InChI is InChI=1S/C23H21ClN2O3/c24-18-10-8-15(9-11-18)21(27)25(13-14-4-2-1-3-5-14)26-22(28)19-16-6-7-17(12-16)20(19)23(26)29/h1-5,8-11,16-17,19-20H,6-7,12-13H2/t16-,17-,19+,20+/m0/s1. The van der Waals surface area contributed by atoms with Crippen LogP contribution in [0.15, 0.2) is 54.6 Å². The third-order valence-electron chi connectivity index (χ3n) is 6.65. The fourth-order valence-corrected chi connectivity index (χ4v) is 5.49. The van der Waals surface area contributed by atoms with Crippen molar-refractivity contribution in [2.24, 2.45) is 23.7 Å². The largest absolute Gasteiger partial charge is 0.273 e. The van der Waals surface area contributed by atoms with Crippen molar-refractivity contribution in [2.75, 3.05) is 0 Å². The van der Waals surface area contributed by atoms with Crippen LogP contribution in [0.5, 0.6) is 0 Å². The van der Waals surface area contributed by atoms with Gasteiger partial charge in [0.1, 0.15) is 0 Å². The van der Waals surface area contributed by atoms with Crippen molar-refractivity contribution >= 4 is 29.3 Å². The number of amides is 3. The molecular weight excluding hydrogens is 388 g/mol. The zero-order valence-electron chi connectivity index (χ0n) is 15.8. The lowest BCUT2D eigenvalue weighted by molar-refractivity contribution is -0.156. The van der Waals surface area contributed by atoms with Crippen molar-refractivity contribution in [3.8, 4) is 0 Å². The van der Waals surface area contributed by atoms with Gasteiger partial charge in [-0.2, -0.15) is 5.01 Å². The zero-order valence-corrected chi connectivity index (χ0v) is 16.6. The van der Waals surface area contributed by atoms with Crippen molar-refractivity contribution in [1.29, 1.82) is 0 Å². The van der Waals surface area contributed by atoms with Crippen molar-refractivity contribution in [1.82, 2.24) is 10.0 Å². The molecule has 148 valence electrons. The topological polar surface area (TPSA) is 57.7 Å². The van der Waals surface area contributed by atoms with E-state index >= 15 is 0 Å². The van der Waals surface area contributed by atoms with Gasteiger partial charge < -0.3 is 0 Å². The molecule has 6 heteroatoms. The predicted molar refractivity (Wildman–Crippen MR) is 107 cm³/mol. The maximum absolute atomic E-state index is 13.4. The molecule has 2 aliphatic carbocycles. The number of hydrazine groups is 1. The van der Waals surface area contributed by atoms with E-state index in [9.17, 15) is 14.4 Å². The first-order valence-corrected chi connectivity index (χ1v) is 10.4. The van der Waals surface area contributed by atoms with Gasteiger partial charge in [0.15, 0.2) is 0 Å². The third kappa shape index (κ3) is 2.96. The van der Waals surface area contributed by atoms with Gasteiger partial charge in [-0.15, -0.1) is 0 Å². The number of fused-ring (bicyclic) bond motifs is 5. The summed E-state index contributed by atoms with van der Waals surface area (Å²) in [5.41, 5.74) is 1.25. The Bertz CT molecular complexity index is 947. The minimum atomic E-state index is -0.375. The second-order valence-electron chi connectivity index (χ2n) is 8.23. The summed E-state index contributed by atoms with van der Waals surface area (Å²) in [5.74, 6) is -0.795. The smallest absolute Gasteiger partial charge is 0.272 e. The van der Waals surface area contributed by atoms with Crippen LogP contribution < -0.4 is 0 Å². The molecule has 3 fully saturated rings. The second kappa shape index (κ2) is 6.99. The quantitative estimate of drug-likeness (QED) is 0.720. The number of imide groups is 1. The van der Waals surface area contributed by atoms with E-state index in [2.05, 4.69) is 0 Å². The highest BCUT2D eigenvalue weighted by Gasteiger charge is 2.62. The van der Waals surface area contributed by atoms with Gasteiger partial charge in [-0.1, -0.05) is 41.9 Å². The van der Waals surface area contributed by atoms with E-state index in [4.69, 9.17) is 11.6 Å². The molecule has 2 aromatic rings. The maximum atomic E-state index is 13.4. The first-order chi connectivity index (χ1) is 14.0. The molecule has 5 nitrogen and oxygen atoms in total. The fourth-order valence-electron chi connectivity index (χ4n) is 5.36. The number of carbonyl (C=O) groups excluding carboxylic acids is 3. The number of carbonyl (C=O) groups is 3. The summed E-state index contributed by atoms with van der Waals surface area (Å²) in [6, 6.07) is 15.9. The molecule has 3 aliphatic rings. The van der Waals surface area contributed by atoms with Crippen LogP contribution in [-0.4, -0.2) is 27.7 Å². The van der Waals surface area contributed by atoms with Crippen LogP contribution in [0.25, 0.3) is 0 Å². The van der Waals surface area contributed by atoms with E-state index in [0.29, 0.717) is 10.6 Å². The molecule has 0 aromatic heterocycles. The molecule has 2 bridgehead atoms. The predicted octanol–water partition coefficient (Wildman–Crippen LogP) is 3.93. The van der Waals surface area contributed by atoms with Crippen molar-refractivity contribution in [2.45, 2.75) is 25.8 Å². The van der Waals surface area contributed by atoms with Crippen molar-refractivity contribution in [3.63, 3.8) is 0 Å². The van der Waals surface area contributed by atoms with Crippen LogP contribution in [0, 0.1) is 23.7 Å². The summed E-state index contributed by atoms with van der Waals surface area (Å²) >= 11 is 5.96. The van der Waals surface area contributed by atoms with Crippen LogP contribution in [0.2, 0.25) is 5.02 Å². The third-order valence-corrected chi connectivity index (χ3v) is 6.90. The lowest BCUT2D eigenvalue weighted by Crippen LogP contribution is -2.50. The van der Waals surface area contributed by atoms with E-state index in [1.54, 1.807) is 24.3 Å². The fraction of sp³-hybridized carbons (Fsp3) is 0.348. The minimum Gasteiger partial charge on any atom is -0.272 e. The van der Waals surface area contributed by atoms with Crippen LogP contribution in [0.1, 0.15) is 35.2 Å². The molecule has 2 aromatic carbocycles. The second-order valence-corrected chi connectivity index (χ2v) is 8.66. The molecule has 29 heavy (non-hydrogen) atoms. The first-order valence-electron chi connectivity index (χ1n) is 10.0. The van der Waals surface area contributed by atoms with Crippen LogP contribution in [-0.2, 0) is 16.1 Å². The lowest BCUT2D eigenvalue weighted by atomic mass is 9.81. The Morgan fingerprint density at radius 1 is 0.931 bits per heavy atom. The van der Waals surface area contributed by atoms with Crippen LogP contribution in [0.4, 0.5) is 0 Å². The number of hydrogen-bond donors (Lipinski definition) is 0. The van der Waals surface area contributed by atoms with E-state index in [1.807, 2.05) is 30.3 Å². The van der Waals surface area contributed by atoms with E-state index in [-0.39, 0.29) is 47.9 Å². The van der Waals surface area contributed by atoms with Crippen LogP contribution in [0.3, 0.4) is 0 Å². The Balaban J connectivity index is 1.51. The zero-order chi connectivity index (χ0) is 20.1. The summed E-state index contributed by atoms with van der Waals surface area (Å²) < 4.78 is 0. The van der Waals surface area contributed by atoms with Gasteiger partial charge >= 0.3 is 0 Å². The highest BCUT2D eigenvalue weighted by Crippen LogP contribution is 2.56. The molecule has 3 amide bonds. The summed E-state index contributed by atoms with van der Waals surface area (Å²) in [6.45, 7) is 0.161. The summed E-state index contributed by atoms with van der Waals surface area (Å²) in [7, 11) is 0. The molecule has 5 rings (SSSR count). The summed E-state index contributed by atoms with van der Waals surface area (Å²) in [6.07, 6.45) is 2.97. The molecule has 0 unspecified atom stereocenters. The Kier molecular flexibility index (Phi) is 4.43. The molecule has 0 spiro atoms. The van der Waals surface area contributed by atoms with Gasteiger partial charge in [0.05, 0.1) is 18.4 Å². The lowest BCUT2D eigenvalue weighted by Gasteiger charge is -2.31. The van der Waals surface area contributed by atoms with E-state index in [0.717, 1.165) is 29.8 Å². The van der Waals surface area contributed by atoms with Crippen molar-refractivity contribution < 1.29 is 14.4 Å². The SMILES string of the molecule is O=C(c1ccc(Cl)cc1)N(Cc1ccccc1)N1C(=O)[C@@H]2[C@H]3CC[C@@H](C3)[C@H]2C1=O.